The van der Waals surface area contributed by atoms with Gasteiger partial charge in [-0.15, -0.1) is 0 Å². The van der Waals surface area contributed by atoms with E-state index in [2.05, 4.69) is 33.0 Å². The molecule has 1 rings (SSSR count). The minimum Gasteiger partial charge on any atom is -0.480 e. The Morgan fingerprint density at radius 3 is 2.33 bits per heavy atom. The molecule has 0 saturated heterocycles. The van der Waals surface area contributed by atoms with Gasteiger partial charge in [-0.1, -0.05) is 27.7 Å². The number of amides is 2. The Morgan fingerprint density at radius 2 is 1.94 bits per heavy atom. The number of urea groups is 1. The molecule has 0 aromatic rings. The van der Waals surface area contributed by atoms with Gasteiger partial charge in [0.1, 0.15) is 6.54 Å². The van der Waals surface area contributed by atoms with Gasteiger partial charge in [-0.2, -0.15) is 0 Å². The van der Waals surface area contributed by atoms with Crippen molar-refractivity contribution in [3.63, 3.8) is 0 Å². The molecule has 0 aromatic heterocycles. The topological polar surface area (TPSA) is 69.6 Å². The van der Waals surface area contributed by atoms with Crippen LogP contribution in [-0.4, -0.2) is 41.1 Å². The SMILES string of the molecule is CC(CNC(=O)N(CC(=O)O)C1CC1)C(C)(C)C. The molecule has 1 unspecified atom stereocenters. The Balaban J connectivity index is 2.44. The lowest BCUT2D eigenvalue weighted by Crippen LogP contribution is -2.46. The molecule has 1 aliphatic carbocycles. The van der Waals surface area contributed by atoms with E-state index < -0.39 is 5.97 Å². The van der Waals surface area contributed by atoms with Gasteiger partial charge < -0.3 is 15.3 Å². The van der Waals surface area contributed by atoms with Gasteiger partial charge in [0.2, 0.25) is 0 Å². The monoisotopic (exact) mass is 256 g/mol. The van der Waals surface area contributed by atoms with Crippen LogP contribution in [0.3, 0.4) is 0 Å². The van der Waals surface area contributed by atoms with Gasteiger partial charge in [0.15, 0.2) is 0 Å². The van der Waals surface area contributed by atoms with Gasteiger partial charge in [-0.3, -0.25) is 4.79 Å². The summed E-state index contributed by atoms with van der Waals surface area (Å²) < 4.78 is 0. The molecule has 1 fully saturated rings. The predicted octanol–water partition coefficient (Wildman–Crippen LogP) is 1.93. The second-order valence-electron chi connectivity index (χ2n) is 6.21. The van der Waals surface area contributed by atoms with E-state index in [4.69, 9.17) is 5.11 Å². The first-order valence-corrected chi connectivity index (χ1v) is 6.48. The lowest BCUT2D eigenvalue weighted by molar-refractivity contribution is -0.137. The summed E-state index contributed by atoms with van der Waals surface area (Å²) in [7, 11) is 0. The smallest absolute Gasteiger partial charge is 0.323 e. The summed E-state index contributed by atoms with van der Waals surface area (Å²) in [4.78, 5) is 24.1. The Hall–Kier alpha value is -1.26. The molecule has 2 N–H and O–H groups in total. The van der Waals surface area contributed by atoms with E-state index in [0.717, 1.165) is 12.8 Å². The lowest BCUT2D eigenvalue weighted by Gasteiger charge is -2.29. The highest BCUT2D eigenvalue weighted by atomic mass is 16.4. The molecule has 1 saturated carbocycles. The third kappa shape index (κ3) is 4.55. The summed E-state index contributed by atoms with van der Waals surface area (Å²) in [6, 6.07) is -0.137. The van der Waals surface area contributed by atoms with Crippen molar-refractivity contribution in [3.05, 3.63) is 0 Å². The summed E-state index contributed by atoms with van der Waals surface area (Å²) in [6.07, 6.45) is 1.82. The second kappa shape index (κ2) is 5.59. The van der Waals surface area contributed by atoms with Crippen molar-refractivity contribution < 1.29 is 14.7 Å². The Kier molecular flexibility index (Phi) is 4.59. The Labute approximate surface area is 109 Å². The van der Waals surface area contributed by atoms with E-state index in [1.807, 2.05) is 0 Å². The number of hydrogen-bond acceptors (Lipinski definition) is 2. The molecular weight excluding hydrogens is 232 g/mol. The highest BCUT2D eigenvalue weighted by Gasteiger charge is 2.34. The minimum atomic E-state index is -0.957. The molecule has 1 atom stereocenters. The molecule has 0 spiro atoms. The van der Waals surface area contributed by atoms with Gasteiger partial charge in [0.25, 0.3) is 0 Å². The van der Waals surface area contributed by atoms with Crippen LogP contribution < -0.4 is 5.32 Å². The van der Waals surface area contributed by atoms with E-state index in [9.17, 15) is 9.59 Å². The van der Waals surface area contributed by atoms with Gasteiger partial charge in [0, 0.05) is 12.6 Å². The van der Waals surface area contributed by atoms with E-state index in [0.29, 0.717) is 12.5 Å². The second-order valence-corrected chi connectivity index (χ2v) is 6.21. The fourth-order valence-electron chi connectivity index (χ4n) is 1.55. The summed E-state index contributed by atoms with van der Waals surface area (Å²) in [5, 5.41) is 11.6. The molecule has 0 heterocycles. The number of carboxylic acids is 1. The van der Waals surface area contributed by atoms with Crippen LogP contribution in [0.2, 0.25) is 0 Å². The number of hydrogen-bond donors (Lipinski definition) is 2. The largest absolute Gasteiger partial charge is 0.480 e. The Morgan fingerprint density at radius 1 is 1.39 bits per heavy atom. The van der Waals surface area contributed by atoms with Crippen molar-refractivity contribution >= 4 is 12.0 Å². The maximum Gasteiger partial charge on any atom is 0.323 e. The average Bonchev–Trinajstić information content (AvgIpc) is 3.03. The molecule has 0 aliphatic heterocycles. The highest BCUT2D eigenvalue weighted by Crippen LogP contribution is 2.27. The molecule has 5 nitrogen and oxygen atoms in total. The maximum atomic E-state index is 11.9. The van der Waals surface area contributed by atoms with Crippen LogP contribution in [0.1, 0.15) is 40.5 Å². The third-order valence-corrected chi connectivity index (χ3v) is 3.59. The van der Waals surface area contributed by atoms with Gasteiger partial charge >= 0.3 is 12.0 Å². The highest BCUT2D eigenvalue weighted by molar-refractivity contribution is 5.80. The molecule has 2 amide bonds. The predicted molar refractivity (Wildman–Crippen MR) is 69.4 cm³/mol. The summed E-state index contributed by atoms with van der Waals surface area (Å²) in [5.74, 6) is -0.617. The molecule has 0 aromatic carbocycles. The molecule has 0 radical (unpaired) electrons. The van der Waals surface area contributed by atoms with Crippen molar-refractivity contribution in [2.24, 2.45) is 11.3 Å². The first kappa shape index (κ1) is 14.8. The average molecular weight is 256 g/mol. The van der Waals surface area contributed by atoms with Crippen LogP contribution in [0, 0.1) is 11.3 Å². The van der Waals surface area contributed by atoms with Crippen LogP contribution in [0.5, 0.6) is 0 Å². The zero-order valence-corrected chi connectivity index (χ0v) is 11.7. The first-order chi connectivity index (χ1) is 8.21. The summed E-state index contributed by atoms with van der Waals surface area (Å²) >= 11 is 0. The van der Waals surface area contributed by atoms with Crippen LogP contribution in [0.4, 0.5) is 4.79 Å². The van der Waals surface area contributed by atoms with Crippen LogP contribution in [0.15, 0.2) is 0 Å². The lowest BCUT2D eigenvalue weighted by atomic mass is 9.82. The molecular formula is C13H24N2O3. The number of nitrogens with one attached hydrogen (secondary N) is 1. The number of nitrogens with zero attached hydrogens (tertiary/aromatic N) is 1. The molecule has 1 aliphatic rings. The fraction of sp³-hybridized carbons (Fsp3) is 0.846. The van der Waals surface area contributed by atoms with E-state index >= 15 is 0 Å². The first-order valence-electron chi connectivity index (χ1n) is 6.48. The maximum absolute atomic E-state index is 11.9. The Bertz CT molecular complexity index is 319. The van der Waals surface area contributed by atoms with Crippen LogP contribution >= 0.6 is 0 Å². The van der Waals surface area contributed by atoms with Gasteiger partial charge in [-0.05, 0) is 24.2 Å². The summed E-state index contributed by atoms with van der Waals surface area (Å²) in [5.41, 5.74) is 0.129. The van der Waals surface area contributed by atoms with Crippen molar-refractivity contribution in [2.45, 2.75) is 46.6 Å². The zero-order chi connectivity index (χ0) is 13.9. The summed E-state index contributed by atoms with van der Waals surface area (Å²) in [6.45, 7) is 8.82. The van der Waals surface area contributed by atoms with Crippen LogP contribution in [0.25, 0.3) is 0 Å². The zero-order valence-electron chi connectivity index (χ0n) is 11.7. The normalized spacial score (nSPS) is 17.1. The van der Waals surface area contributed by atoms with E-state index in [1.54, 1.807) is 0 Å². The van der Waals surface area contributed by atoms with E-state index in [-0.39, 0.29) is 24.0 Å². The number of carbonyl (C=O) groups is 2. The third-order valence-electron chi connectivity index (χ3n) is 3.59. The minimum absolute atomic E-state index is 0.117. The van der Waals surface area contributed by atoms with Crippen molar-refractivity contribution in [3.8, 4) is 0 Å². The quantitative estimate of drug-likeness (QED) is 0.789. The molecule has 0 bridgehead atoms. The number of carbonyl (C=O) groups excluding carboxylic acids is 1. The molecule has 104 valence electrons. The number of rotatable bonds is 5. The fourth-order valence-corrected chi connectivity index (χ4v) is 1.55. The number of carboxylic acid groups (broad SMARTS) is 1. The van der Waals surface area contributed by atoms with Gasteiger partial charge in [-0.25, -0.2) is 4.79 Å². The van der Waals surface area contributed by atoms with Gasteiger partial charge in [0.05, 0.1) is 0 Å². The van der Waals surface area contributed by atoms with E-state index in [1.165, 1.54) is 4.90 Å². The number of aliphatic carboxylic acids is 1. The van der Waals surface area contributed by atoms with Crippen LogP contribution in [-0.2, 0) is 4.79 Å². The van der Waals surface area contributed by atoms with Crippen molar-refractivity contribution in [2.75, 3.05) is 13.1 Å². The van der Waals surface area contributed by atoms with Crippen molar-refractivity contribution in [1.82, 2.24) is 10.2 Å². The molecule has 5 heteroatoms. The standard InChI is InChI=1S/C13H24N2O3/c1-9(13(2,3)4)7-14-12(18)15(8-11(16)17)10-5-6-10/h9-10H,5-8H2,1-4H3,(H,14,18)(H,16,17). The molecule has 18 heavy (non-hydrogen) atoms. The van der Waals surface area contributed by atoms with Crippen molar-refractivity contribution in [1.29, 1.82) is 0 Å².